The van der Waals surface area contributed by atoms with E-state index in [1.807, 2.05) is 6.92 Å². The van der Waals surface area contributed by atoms with Crippen molar-refractivity contribution < 1.29 is 9.23 Å². The summed E-state index contributed by atoms with van der Waals surface area (Å²) in [5.74, 6) is 0.367. The first-order valence-electron chi connectivity index (χ1n) is 7.06. The zero-order valence-corrected chi connectivity index (χ0v) is 12.6. The second kappa shape index (κ2) is 7.83. The molecule has 0 N–H and O–H groups in total. The van der Waals surface area contributed by atoms with Gasteiger partial charge in [0.05, 0.1) is 6.21 Å². The van der Waals surface area contributed by atoms with Crippen LogP contribution in [0.3, 0.4) is 0 Å². The number of hydrogen-bond acceptors (Lipinski definition) is 2. The van der Waals surface area contributed by atoms with Crippen molar-refractivity contribution in [2.45, 2.75) is 45.6 Å². The summed E-state index contributed by atoms with van der Waals surface area (Å²) in [6, 6.07) is 6.47. The third-order valence-electron chi connectivity index (χ3n) is 3.24. The molecule has 0 saturated carbocycles. The van der Waals surface area contributed by atoms with Gasteiger partial charge in [0.15, 0.2) is 5.60 Å². The number of oxime groups is 1. The normalized spacial score (nSPS) is 14.4. The third kappa shape index (κ3) is 5.55. The molecule has 0 aliphatic rings. The van der Waals surface area contributed by atoms with Crippen LogP contribution in [0.5, 0.6) is 0 Å². The standard InChI is InChI=1S/C17H24FNO/c1-5-17(4,12-8-9-14(2)3)20-19-13-15-10-6-7-11-16(15)18/h5-7,10-11,13-14H,1,8-9,12H2,2-4H3. The van der Waals surface area contributed by atoms with Crippen molar-refractivity contribution in [3.05, 3.63) is 48.3 Å². The van der Waals surface area contributed by atoms with Gasteiger partial charge in [0.25, 0.3) is 0 Å². The number of nitrogens with zero attached hydrogens (tertiary/aromatic N) is 1. The van der Waals surface area contributed by atoms with Crippen LogP contribution in [0.25, 0.3) is 0 Å². The second-order valence-electron chi connectivity index (χ2n) is 5.65. The van der Waals surface area contributed by atoms with E-state index >= 15 is 0 Å². The highest BCUT2D eigenvalue weighted by molar-refractivity contribution is 5.79. The van der Waals surface area contributed by atoms with Gasteiger partial charge in [-0.05, 0) is 37.8 Å². The molecular weight excluding hydrogens is 253 g/mol. The van der Waals surface area contributed by atoms with Crippen molar-refractivity contribution in [2.24, 2.45) is 11.1 Å². The molecule has 0 heterocycles. The van der Waals surface area contributed by atoms with E-state index in [0.717, 1.165) is 19.3 Å². The van der Waals surface area contributed by atoms with E-state index in [1.165, 1.54) is 12.3 Å². The molecule has 20 heavy (non-hydrogen) atoms. The summed E-state index contributed by atoms with van der Waals surface area (Å²) in [6.45, 7) is 10.1. The Balaban J connectivity index is 2.55. The first-order chi connectivity index (χ1) is 9.47. The molecule has 3 heteroatoms. The average molecular weight is 277 g/mol. The molecule has 1 aromatic rings. The number of halogens is 1. The number of rotatable bonds is 8. The molecule has 2 nitrogen and oxygen atoms in total. The van der Waals surface area contributed by atoms with Crippen molar-refractivity contribution in [1.82, 2.24) is 0 Å². The van der Waals surface area contributed by atoms with Gasteiger partial charge in [0, 0.05) is 5.56 Å². The van der Waals surface area contributed by atoms with Gasteiger partial charge in [-0.1, -0.05) is 50.2 Å². The van der Waals surface area contributed by atoms with Crippen molar-refractivity contribution in [3.8, 4) is 0 Å². The van der Waals surface area contributed by atoms with Crippen LogP contribution in [0.4, 0.5) is 4.39 Å². The highest BCUT2D eigenvalue weighted by Gasteiger charge is 2.21. The van der Waals surface area contributed by atoms with Gasteiger partial charge < -0.3 is 4.84 Å². The summed E-state index contributed by atoms with van der Waals surface area (Å²) in [5, 5.41) is 3.91. The van der Waals surface area contributed by atoms with Gasteiger partial charge in [-0.15, -0.1) is 0 Å². The second-order valence-corrected chi connectivity index (χ2v) is 5.65. The largest absolute Gasteiger partial charge is 0.385 e. The SMILES string of the molecule is C=CC(C)(CCCC(C)C)ON=Cc1ccccc1F. The van der Waals surface area contributed by atoms with E-state index in [9.17, 15) is 4.39 Å². The lowest BCUT2D eigenvalue weighted by Crippen LogP contribution is -2.23. The Morgan fingerprint density at radius 3 is 2.70 bits per heavy atom. The molecular formula is C17H24FNO. The molecule has 1 aromatic carbocycles. The lowest BCUT2D eigenvalue weighted by Gasteiger charge is -2.23. The van der Waals surface area contributed by atoms with E-state index in [4.69, 9.17) is 4.84 Å². The summed E-state index contributed by atoms with van der Waals surface area (Å²) in [4.78, 5) is 5.50. The molecule has 0 bridgehead atoms. The summed E-state index contributed by atoms with van der Waals surface area (Å²) >= 11 is 0. The maximum Gasteiger partial charge on any atom is 0.152 e. The van der Waals surface area contributed by atoms with Crippen molar-refractivity contribution >= 4 is 6.21 Å². The van der Waals surface area contributed by atoms with Gasteiger partial charge in [-0.3, -0.25) is 0 Å². The summed E-state index contributed by atoms with van der Waals surface area (Å²) in [6.07, 6.45) is 6.20. The Bertz CT molecular complexity index is 456. The minimum Gasteiger partial charge on any atom is -0.385 e. The van der Waals surface area contributed by atoms with Crippen LogP contribution in [0.15, 0.2) is 42.1 Å². The van der Waals surface area contributed by atoms with Crippen LogP contribution in [-0.4, -0.2) is 11.8 Å². The molecule has 0 aromatic heterocycles. The van der Waals surface area contributed by atoms with Crippen LogP contribution in [0.2, 0.25) is 0 Å². The van der Waals surface area contributed by atoms with Gasteiger partial charge >= 0.3 is 0 Å². The molecule has 0 amide bonds. The van der Waals surface area contributed by atoms with Crippen LogP contribution < -0.4 is 0 Å². The van der Waals surface area contributed by atoms with Crippen molar-refractivity contribution in [2.75, 3.05) is 0 Å². The van der Waals surface area contributed by atoms with Crippen LogP contribution in [0, 0.1) is 11.7 Å². The van der Waals surface area contributed by atoms with E-state index in [1.54, 1.807) is 24.3 Å². The van der Waals surface area contributed by atoms with Crippen LogP contribution >= 0.6 is 0 Å². The van der Waals surface area contributed by atoms with Gasteiger partial charge in [0.2, 0.25) is 0 Å². The third-order valence-corrected chi connectivity index (χ3v) is 3.24. The lowest BCUT2D eigenvalue weighted by atomic mass is 9.96. The first kappa shape index (κ1) is 16.4. The molecule has 0 fully saturated rings. The van der Waals surface area contributed by atoms with E-state index in [0.29, 0.717) is 11.5 Å². The quantitative estimate of drug-likeness (QED) is 0.374. The summed E-state index contributed by atoms with van der Waals surface area (Å²) in [7, 11) is 0. The molecule has 0 aliphatic heterocycles. The fourth-order valence-corrected chi connectivity index (χ4v) is 1.83. The highest BCUT2D eigenvalue weighted by Crippen LogP contribution is 2.22. The van der Waals surface area contributed by atoms with Gasteiger partial charge in [0.1, 0.15) is 5.82 Å². The summed E-state index contributed by atoms with van der Waals surface area (Å²) in [5.41, 5.74) is -0.0856. The molecule has 1 unspecified atom stereocenters. The van der Waals surface area contributed by atoms with E-state index in [2.05, 4.69) is 25.6 Å². The van der Waals surface area contributed by atoms with Gasteiger partial charge in [-0.25, -0.2) is 4.39 Å². The fraction of sp³-hybridized carbons (Fsp3) is 0.471. The predicted octanol–water partition coefficient (Wildman–Crippen LogP) is 4.95. The zero-order valence-electron chi connectivity index (χ0n) is 12.6. The van der Waals surface area contributed by atoms with Gasteiger partial charge in [-0.2, -0.15) is 0 Å². The molecule has 0 aliphatic carbocycles. The smallest absolute Gasteiger partial charge is 0.152 e. The minimum atomic E-state index is -0.503. The molecule has 0 saturated heterocycles. The monoisotopic (exact) mass is 277 g/mol. The Morgan fingerprint density at radius 2 is 2.10 bits per heavy atom. The molecule has 1 atom stereocenters. The molecule has 110 valence electrons. The first-order valence-corrected chi connectivity index (χ1v) is 7.06. The highest BCUT2D eigenvalue weighted by atomic mass is 19.1. The summed E-state index contributed by atoms with van der Waals surface area (Å²) < 4.78 is 13.4. The predicted molar refractivity (Wildman–Crippen MR) is 82.4 cm³/mol. The zero-order chi connectivity index (χ0) is 15.0. The van der Waals surface area contributed by atoms with E-state index < -0.39 is 5.60 Å². The fourth-order valence-electron chi connectivity index (χ4n) is 1.83. The Labute approximate surface area is 121 Å². The maximum absolute atomic E-state index is 13.4. The Kier molecular flexibility index (Phi) is 6.43. The van der Waals surface area contributed by atoms with Crippen molar-refractivity contribution in [1.29, 1.82) is 0 Å². The molecule has 0 radical (unpaired) electrons. The molecule has 0 spiro atoms. The Morgan fingerprint density at radius 1 is 1.40 bits per heavy atom. The topological polar surface area (TPSA) is 21.6 Å². The number of hydrogen-bond donors (Lipinski definition) is 0. The van der Waals surface area contributed by atoms with E-state index in [-0.39, 0.29) is 5.82 Å². The van der Waals surface area contributed by atoms with Crippen molar-refractivity contribution in [3.63, 3.8) is 0 Å². The Hall–Kier alpha value is -1.64. The molecule has 1 rings (SSSR count). The van der Waals surface area contributed by atoms with Crippen LogP contribution in [0.1, 0.15) is 45.6 Å². The average Bonchev–Trinajstić information content (AvgIpc) is 2.40. The van der Waals surface area contributed by atoms with Crippen LogP contribution in [-0.2, 0) is 4.84 Å². The number of benzene rings is 1. The maximum atomic E-state index is 13.4. The minimum absolute atomic E-state index is 0.306. The lowest BCUT2D eigenvalue weighted by molar-refractivity contribution is 0.00222.